The first-order valence-electron chi connectivity index (χ1n) is 18.3. The molecule has 5 aliphatic rings. The lowest BCUT2D eigenvalue weighted by Crippen LogP contribution is -2.61. The van der Waals surface area contributed by atoms with Gasteiger partial charge in [0.05, 0.1) is 11.0 Å². The van der Waals surface area contributed by atoms with Crippen molar-refractivity contribution in [1.29, 1.82) is 0 Å². The number of rotatable bonds is 1. The fourth-order valence-electron chi connectivity index (χ4n) is 12.0. The van der Waals surface area contributed by atoms with E-state index in [0.29, 0.717) is 11.8 Å². The molecule has 2 heterocycles. The van der Waals surface area contributed by atoms with Crippen LogP contribution in [0.25, 0.3) is 38.0 Å². The molecule has 0 radical (unpaired) electrons. The standard InChI is InChI=1S/C47H45NO/c1-27-17-20-44(5)40-37(27)28(2)18-21-45(40,6)47(8)24-23-43(4,38-29(3)19-22-46(44,7)41(38)47)30-25-34-31-13-9-10-15-33(31)42(49)48-36-16-12-11-14-32(36)35(26-30)39(34)48/h9-29H,1-8H3. The molecule has 2 nitrogen and oxygen atoms in total. The number of hydrogen-bond donors (Lipinski definition) is 0. The van der Waals surface area contributed by atoms with E-state index in [2.05, 4.69) is 146 Å². The molecule has 1 fully saturated rings. The Kier molecular flexibility index (Phi) is 5.31. The van der Waals surface area contributed by atoms with Crippen LogP contribution in [0.3, 0.4) is 0 Å². The Morgan fingerprint density at radius 2 is 1.06 bits per heavy atom. The van der Waals surface area contributed by atoms with E-state index in [0.717, 1.165) is 38.0 Å². The third kappa shape index (κ3) is 3.07. The van der Waals surface area contributed by atoms with Crippen LogP contribution in [-0.2, 0) is 5.41 Å². The van der Waals surface area contributed by atoms with Crippen molar-refractivity contribution in [3.05, 3.63) is 147 Å². The summed E-state index contributed by atoms with van der Waals surface area (Å²) in [4.78, 5) is 14.1. The number of pyridine rings is 1. The molecule has 8 unspecified atom stereocenters. The van der Waals surface area contributed by atoms with Crippen molar-refractivity contribution in [1.82, 2.24) is 4.40 Å². The first kappa shape index (κ1) is 29.5. The lowest BCUT2D eigenvalue weighted by Gasteiger charge is -2.69. The Labute approximate surface area is 289 Å². The summed E-state index contributed by atoms with van der Waals surface area (Å²) in [6, 6.07) is 21.5. The maximum absolute atomic E-state index is 14.1. The van der Waals surface area contributed by atoms with Gasteiger partial charge in [0.15, 0.2) is 0 Å². The fraction of sp³-hybridized carbons (Fsp3) is 0.340. The SMILES string of the molecule is CC1C=CC2(C)C3=C1C(C)C=CC3(C)C1(C)C=CC(C)(c3cc4c5ccccc5c(=O)n5c6ccccc6c(c3)c45)C3=C1C2(C)C=CC3C. The monoisotopic (exact) mass is 639 g/mol. The molecule has 0 aliphatic heterocycles. The summed E-state index contributed by atoms with van der Waals surface area (Å²) < 4.78 is 1.97. The summed E-state index contributed by atoms with van der Waals surface area (Å²) in [7, 11) is 0. The van der Waals surface area contributed by atoms with Crippen LogP contribution in [-0.4, -0.2) is 4.40 Å². The van der Waals surface area contributed by atoms with Crippen molar-refractivity contribution < 1.29 is 0 Å². The summed E-state index contributed by atoms with van der Waals surface area (Å²) in [5, 5.41) is 5.25. The highest BCUT2D eigenvalue weighted by atomic mass is 16.1. The van der Waals surface area contributed by atoms with Gasteiger partial charge in [-0.05, 0) is 76.6 Å². The zero-order valence-corrected chi connectivity index (χ0v) is 30.0. The lowest BCUT2D eigenvalue weighted by molar-refractivity contribution is 0.0762. The Morgan fingerprint density at radius 3 is 1.71 bits per heavy atom. The van der Waals surface area contributed by atoms with Gasteiger partial charge >= 0.3 is 0 Å². The Bertz CT molecular complexity index is 2560. The van der Waals surface area contributed by atoms with Crippen LogP contribution in [0, 0.1) is 39.4 Å². The van der Waals surface area contributed by atoms with E-state index in [1.165, 1.54) is 5.56 Å². The molecular formula is C47H45NO. The van der Waals surface area contributed by atoms with Crippen molar-refractivity contribution in [3.8, 4) is 0 Å². The van der Waals surface area contributed by atoms with Gasteiger partial charge in [0.25, 0.3) is 5.56 Å². The Morgan fingerprint density at radius 1 is 0.551 bits per heavy atom. The van der Waals surface area contributed by atoms with E-state index in [1.54, 1.807) is 22.3 Å². The fourth-order valence-corrected chi connectivity index (χ4v) is 12.0. The minimum Gasteiger partial charge on any atom is -0.275 e. The van der Waals surface area contributed by atoms with Gasteiger partial charge in [-0.25, -0.2) is 0 Å². The van der Waals surface area contributed by atoms with Gasteiger partial charge < -0.3 is 0 Å². The molecule has 0 bridgehead atoms. The smallest absolute Gasteiger partial charge is 0.263 e. The van der Waals surface area contributed by atoms with E-state index < -0.39 is 0 Å². The molecular weight excluding hydrogens is 595 g/mol. The number of nitrogens with zero attached hydrogens (tertiary/aromatic N) is 1. The van der Waals surface area contributed by atoms with Gasteiger partial charge in [-0.1, -0.05) is 139 Å². The predicted molar refractivity (Wildman–Crippen MR) is 205 cm³/mol. The minimum absolute atomic E-state index is 0.0601. The maximum atomic E-state index is 14.1. The predicted octanol–water partition coefficient (Wildman–Crippen LogP) is 11.3. The van der Waals surface area contributed by atoms with Crippen molar-refractivity contribution in [3.63, 3.8) is 0 Å². The zero-order valence-electron chi connectivity index (χ0n) is 30.0. The van der Waals surface area contributed by atoms with Crippen molar-refractivity contribution in [2.24, 2.45) is 39.4 Å². The normalized spacial score (nSPS) is 37.6. The third-order valence-corrected chi connectivity index (χ3v) is 14.7. The molecule has 5 aromatic rings. The number of allylic oxidation sites excluding steroid dienone is 12. The molecule has 0 amide bonds. The van der Waals surface area contributed by atoms with Crippen LogP contribution in [0.15, 0.2) is 136 Å². The average Bonchev–Trinajstić information content (AvgIpc) is 3.43. The summed E-state index contributed by atoms with van der Waals surface area (Å²) in [5.74, 6) is 1.14. The first-order chi connectivity index (χ1) is 23.3. The molecule has 1 saturated carbocycles. The van der Waals surface area contributed by atoms with Gasteiger partial charge in [0.1, 0.15) is 0 Å². The number of benzene rings is 3. The second-order valence-electron chi connectivity index (χ2n) is 17.0. The molecule has 244 valence electrons. The van der Waals surface area contributed by atoms with Gasteiger partial charge in [-0.15, -0.1) is 0 Å². The molecule has 2 aromatic heterocycles. The van der Waals surface area contributed by atoms with Crippen LogP contribution in [0.5, 0.6) is 0 Å². The summed E-state index contributed by atoms with van der Waals surface area (Å²) >= 11 is 0. The molecule has 0 saturated heterocycles. The second-order valence-corrected chi connectivity index (χ2v) is 17.0. The lowest BCUT2D eigenvalue weighted by atomic mass is 9.33. The molecule has 8 atom stereocenters. The molecule has 49 heavy (non-hydrogen) atoms. The quantitative estimate of drug-likeness (QED) is 0.132. The van der Waals surface area contributed by atoms with E-state index in [-0.39, 0.29) is 38.6 Å². The summed E-state index contributed by atoms with van der Waals surface area (Å²) in [5.41, 5.74) is 8.76. The van der Waals surface area contributed by atoms with Crippen LogP contribution < -0.4 is 5.56 Å². The number of hydrogen-bond acceptors (Lipinski definition) is 1. The molecule has 0 N–H and O–H groups in total. The largest absolute Gasteiger partial charge is 0.275 e. The average molecular weight is 640 g/mol. The van der Waals surface area contributed by atoms with E-state index in [4.69, 9.17) is 0 Å². The van der Waals surface area contributed by atoms with Crippen LogP contribution in [0.1, 0.15) is 61.0 Å². The van der Waals surface area contributed by atoms with Gasteiger partial charge in [0, 0.05) is 48.6 Å². The minimum atomic E-state index is -0.349. The highest BCUT2D eigenvalue weighted by Crippen LogP contribution is 2.77. The van der Waals surface area contributed by atoms with E-state index >= 15 is 0 Å². The van der Waals surface area contributed by atoms with Crippen molar-refractivity contribution >= 4 is 38.0 Å². The second kappa shape index (κ2) is 8.83. The molecule has 5 aliphatic carbocycles. The molecule has 0 spiro atoms. The third-order valence-electron chi connectivity index (χ3n) is 14.7. The van der Waals surface area contributed by atoms with E-state index in [9.17, 15) is 4.79 Å². The van der Waals surface area contributed by atoms with Gasteiger partial charge in [-0.3, -0.25) is 9.20 Å². The number of fused-ring (bicyclic) bond motifs is 7. The first-order valence-corrected chi connectivity index (χ1v) is 18.3. The maximum Gasteiger partial charge on any atom is 0.263 e. The Balaban J connectivity index is 1.33. The van der Waals surface area contributed by atoms with Crippen LogP contribution in [0.2, 0.25) is 0 Å². The van der Waals surface area contributed by atoms with Crippen molar-refractivity contribution in [2.75, 3.05) is 0 Å². The Hall–Kier alpha value is -4.43. The summed E-state index contributed by atoms with van der Waals surface area (Å²) in [6.45, 7) is 19.8. The van der Waals surface area contributed by atoms with Crippen LogP contribution in [0.4, 0.5) is 0 Å². The highest BCUT2D eigenvalue weighted by molar-refractivity contribution is 6.20. The molecule has 2 heteroatoms. The topological polar surface area (TPSA) is 21.5 Å². The molecule has 3 aromatic carbocycles. The number of para-hydroxylation sites is 1. The molecule has 10 rings (SSSR count). The number of aromatic nitrogens is 1. The zero-order chi connectivity index (χ0) is 34.0. The summed E-state index contributed by atoms with van der Waals surface area (Å²) in [6.07, 6.45) is 20.4. The van der Waals surface area contributed by atoms with Crippen molar-refractivity contribution in [2.45, 2.75) is 60.8 Å². The van der Waals surface area contributed by atoms with Gasteiger partial charge in [-0.2, -0.15) is 0 Å². The highest BCUT2D eigenvalue weighted by Gasteiger charge is 2.69. The van der Waals surface area contributed by atoms with E-state index in [1.807, 2.05) is 22.6 Å². The van der Waals surface area contributed by atoms with Gasteiger partial charge in [0.2, 0.25) is 0 Å². The van der Waals surface area contributed by atoms with Crippen LogP contribution >= 0.6 is 0 Å².